The van der Waals surface area contributed by atoms with Gasteiger partial charge in [0.15, 0.2) is 6.29 Å². The van der Waals surface area contributed by atoms with Crippen LogP contribution in [0.4, 0.5) is 0 Å². The van der Waals surface area contributed by atoms with Gasteiger partial charge in [-0.2, -0.15) is 0 Å². The highest BCUT2D eigenvalue weighted by atomic mass is 16.7. The van der Waals surface area contributed by atoms with Crippen molar-refractivity contribution >= 4 is 0 Å². The van der Waals surface area contributed by atoms with E-state index in [4.69, 9.17) is 9.47 Å². The van der Waals surface area contributed by atoms with Crippen molar-refractivity contribution in [3.8, 4) is 0 Å². The molecule has 0 aromatic heterocycles. The molecule has 0 bridgehead atoms. The van der Waals surface area contributed by atoms with Crippen LogP contribution in [-0.2, 0) is 15.9 Å². The molecule has 2 nitrogen and oxygen atoms in total. The lowest BCUT2D eigenvalue weighted by atomic mass is 9.73. The van der Waals surface area contributed by atoms with Gasteiger partial charge in [0, 0.05) is 5.56 Å². The normalized spacial score (nSPS) is 26.5. The molecule has 1 saturated carbocycles. The van der Waals surface area contributed by atoms with Gasteiger partial charge in [0.2, 0.25) is 0 Å². The maximum Gasteiger partial charge on any atom is 0.184 e. The number of aryl methyl sites for hydroxylation is 1. The molecule has 0 radical (unpaired) electrons. The van der Waals surface area contributed by atoms with Gasteiger partial charge in [0.25, 0.3) is 0 Å². The van der Waals surface area contributed by atoms with Gasteiger partial charge in [-0.3, -0.25) is 0 Å². The zero-order valence-electron chi connectivity index (χ0n) is 14.1. The summed E-state index contributed by atoms with van der Waals surface area (Å²) in [6.45, 7) is 6.00. The molecule has 1 aliphatic carbocycles. The molecule has 22 heavy (non-hydrogen) atoms. The Morgan fingerprint density at radius 1 is 1.05 bits per heavy atom. The highest BCUT2D eigenvalue weighted by Gasteiger charge is 2.27. The fourth-order valence-electron chi connectivity index (χ4n) is 4.29. The van der Waals surface area contributed by atoms with Crippen LogP contribution in [0.3, 0.4) is 0 Å². The Labute approximate surface area is 135 Å². The number of hydrogen-bond donors (Lipinski definition) is 0. The van der Waals surface area contributed by atoms with Crippen LogP contribution < -0.4 is 0 Å². The molecular weight excluding hydrogens is 272 g/mol. The minimum Gasteiger partial charge on any atom is -0.346 e. The first-order chi connectivity index (χ1) is 10.8. The van der Waals surface area contributed by atoms with Crippen molar-refractivity contribution in [2.24, 2.45) is 5.92 Å². The second-order valence-corrected chi connectivity index (χ2v) is 6.83. The van der Waals surface area contributed by atoms with E-state index in [1.165, 1.54) is 49.7 Å². The smallest absolute Gasteiger partial charge is 0.184 e. The van der Waals surface area contributed by atoms with E-state index in [-0.39, 0.29) is 6.29 Å². The first-order valence-electron chi connectivity index (χ1n) is 9.19. The summed E-state index contributed by atoms with van der Waals surface area (Å²) in [5.74, 6) is 1.65. The highest BCUT2D eigenvalue weighted by Crippen LogP contribution is 2.41. The maximum absolute atomic E-state index is 5.70. The SMILES string of the molecule is CCCC1CCCCC1c1ccc(C2OCCO2)c(CC)c1. The minimum atomic E-state index is -0.137. The number of rotatable bonds is 5. The van der Waals surface area contributed by atoms with Crippen LogP contribution in [0.1, 0.15) is 81.3 Å². The molecule has 2 heteroatoms. The molecule has 0 spiro atoms. The third kappa shape index (κ3) is 3.38. The minimum absolute atomic E-state index is 0.137. The van der Waals surface area contributed by atoms with Crippen LogP contribution in [0, 0.1) is 5.92 Å². The monoisotopic (exact) mass is 302 g/mol. The van der Waals surface area contributed by atoms with Gasteiger partial charge in [0.1, 0.15) is 0 Å². The average Bonchev–Trinajstić information content (AvgIpc) is 3.09. The van der Waals surface area contributed by atoms with Crippen LogP contribution in [0.25, 0.3) is 0 Å². The van der Waals surface area contributed by atoms with Crippen molar-refractivity contribution in [1.82, 2.24) is 0 Å². The lowest BCUT2D eigenvalue weighted by Gasteiger charge is -2.32. The first kappa shape index (κ1) is 16.0. The molecule has 2 aliphatic rings. The summed E-state index contributed by atoms with van der Waals surface area (Å²) < 4.78 is 11.4. The predicted octanol–water partition coefficient (Wildman–Crippen LogP) is 5.37. The van der Waals surface area contributed by atoms with Gasteiger partial charge in [-0.25, -0.2) is 0 Å². The van der Waals surface area contributed by atoms with E-state index in [2.05, 4.69) is 32.0 Å². The standard InChI is InChI=1S/C20H30O2/c1-3-7-16-8-5-6-9-18(16)17-10-11-19(15(4-2)14-17)20-21-12-13-22-20/h10-11,14,16,18,20H,3-9,12-13H2,1-2H3. The van der Waals surface area contributed by atoms with Gasteiger partial charge in [0.05, 0.1) is 13.2 Å². The van der Waals surface area contributed by atoms with Crippen molar-refractivity contribution in [2.45, 2.75) is 71.0 Å². The summed E-state index contributed by atoms with van der Waals surface area (Å²) in [7, 11) is 0. The summed E-state index contributed by atoms with van der Waals surface area (Å²) in [6, 6.07) is 7.05. The number of ether oxygens (including phenoxy) is 2. The molecule has 122 valence electrons. The Morgan fingerprint density at radius 3 is 2.55 bits per heavy atom. The third-order valence-electron chi connectivity index (χ3n) is 5.42. The quantitative estimate of drug-likeness (QED) is 0.728. The van der Waals surface area contributed by atoms with Crippen LogP contribution in [-0.4, -0.2) is 13.2 Å². The Bertz CT molecular complexity index is 475. The molecule has 2 atom stereocenters. The Balaban J connectivity index is 1.83. The van der Waals surface area contributed by atoms with E-state index in [1.807, 2.05) is 0 Å². The molecule has 0 N–H and O–H groups in total. The topological polar surface area (TPSA) is 18.5 Å². The summed E-state index contributed by atoms with van der Waals surface area (Å²) >= 11 is 0. The first-order valence-corrected chi connectivity index (χ1v) is 9.19. The highest BCUT2D eigenvalue weighted by molar-refractivity contribution is 5.35. The van der Waals surface area contributed by atoms with E-state index in [0.717, 1.165) is 31.5 Å². The predicted molar refractivity (Wildman–Crippen MR) is 90.1 cm³/mol. The van der Waals surface area contributed by atoms with Crippen molar-refractivity contribution in [3.63, 3.8) is 0 Å². The van der Waals surface area contributed by atoms with Gasteiger partial charge >= 0.3 is 0 Å². The Morgan fingerprint density at radius 2 is 1.82 bits per heavy atom. The molecule has 0 amide bonds. The van der Waals surface area contributed by atoms with Crippen LogP contribution in [0.15, 0.2) is 18.2 Å². The molecule has 1 aromatic rings. The second-order valence-electron chi connectivity index (χ2n) is 6.83. The van der Waals surface area contributed by atoms with Gasteiger partial charge < -0.3 is 9.47 Å². The van der Waals surface area contributed by atoms with E-state index in [1.54, 1.807) is 5.56 Å². The summed E-state index contributed by atoms with van der Waals surface area (Å²) in [4.78, 5) is 0. The summed E-state index contributed by atoms with van der Waals surface area (Å²) in [6.07, 6.45) is 9.19. The lowest BCUT2D eigenvalue weighted by Crippen LogP contribution is -2.18. The molecule has 1 heterocycles. The zero-order chi connectivity index (χ0) is 15.4. The van der Waals surface area contributed by atoms with E-state index < -0.39 is 0 Å². The largest absolute Gasteiger partial charge is 0.346 e. The van der Waals surface area contributed by atoms with Crippen LogP contribution >= 0.6 is 0 Å². The zero-order valence-corrected chi connectivity index (χ0v) is 14.1. The van der Waals surface area contributed by atoms with E-state index in [0.29, 0.717) is 0 Å². The third-order valence-corrected chi connectivity index (χ3v) is 5.42. The lowest BCUT2D eigenvalue weighted by molar-refractivity contribution is -0.0447. The fraction of sp³-hybridized carbons (Fsp3) is 0.700. The van der Waals surface area contributed by atoms with Crippen LogP contribution in [0.2, 0.25) is 0 Å². The van der Waals surface area contributed by atoms with E-state index >= 15 is 0 Å². The summed E-state index contributed by atoms with van der Waals surface area (Å²) in [5, 5.41) is 0. The second kappa shape index (κ2) is 7.61. The molecule has 1 aromatic carbocycles. The van der Waals surface area contributed by atoms with Crippen molar-refractivity contribution in [3.05, 3.63) is 34.9 Å². The average molecular weight is 302 g/mol. The van der Waals surface area contributed by atoms with Gasteiger partial charge in [-0.05, 0) is 42.2 Å². The van der Waals surface area contributed by atoms with Crippen molar-refractivity contribution < 1.29 is 9.47 Å². The Hall–Kier alpha value is -0.860. The molecule has 2 unspecified atom stereocenters. The van der Waals surface area contributed by atoms with Crippen molar-refractivity contribution in [1.29, 1.82) is 0 Å². The molecule has 1 saturated heterocycles. The number of benzene rings is 1. The van der Waals surface area contributed by atoms with Crippen LogP contribution in [0.5, 0.6) is 0 Å². The molecule has 1 aliphatic heterocycles. The van der Waals surface area contributed by atoms with Gasteiger partial charge in [-0.1, -0.05) is 57.7 Å². The summed E-state index contributed by atoms with van der Waals surface area (Å²) in [5.41, 5.74) is 4.20. The van der Waals surface area contributed by atoms with Crippen molar-refractivity contribution in [2.75, 3.05) is 13.2 Å². The Kier molecular flexibility index (Phi) is 5.54. The maximum atomic E-state index is 5.70. The van der Waals surface area contributed by atoms with E-state index in [9.17, 15) is 0 Å². The fourth-order valence-corrected chi connectivity index (χ4v) is 4.29. The molecule has 3 rings (SSSR count). The molecular formula is C20H30O2. The number of hydrogen-bond acceptors (Lipinski definition) is 2. The van der Waals surface area contributed by atoms with Gasteiger partial charge in [-0.15, -0.1) is 0 Å². The molecule has 2 fully saturated rings.